The van der Waals surface area contributed by atoms with Gasteiger partial charge in [0.05, 0.1) is 5.60 Å². The van der Waals surface area contributed by atoms with Crippen LogP contribution in [0.2, 0.25) is 0 Å². The van der Waals surface area contributed by atoms with E-state index in [9.17, 15) is 4.79 Å². The third kappa shape index (κ3) is 2.94. The van der Waals surface area contributed by atoms with E-state index in [0.29, 0.717) is 5.78 Å². The van der Waals surface area contributed by atoms with Gasteiger partial charge in [-0.3, -0.25) is 4.79 Å². The van der Waals surface area contributed by atoms with Gasteiger partial charge in [0.2, 0.25) is 0 Å². The van der Waals surface area contributed by atoms with E-state index in [1.807, 2.05) is 6.92 Å². The van der Waals surface area contributed by atoms with Crippen molar-refractivity contribution in [2.24, 2.45) is 5.92 Å². The van der Waals surface area contributed by atoms with Crippen LogP contribution in [0.5, 0.6) is 0 Å². The third-order valence-electron chi connectivity index (χ3n) is 4.63. The Morgan fingerprint density at radius 3 is 2.72 bits per heavy atom. The molecule has 1 saturated carbocycles. The van der Waals surface area contributed by atoms with Crippen molar-refractivity contribution in [3.05, 3.63) is 0 Å². The number of hydrogen-bond acceptors (Lipinski definition) is 3. The third-order valence-corrected chi connectivity index (χ3v) is 4.63. The molecule has 0 radical (unpaired) electrons. The summed E-state index contributed by atoms with van der Waals surface area (Å²) in [6.07, 6.45) is 8.46. The molecule has 2 aliphatic rings. The van der Waals surface area contributed by atoms with Crippen LogP contribution in [0.4, 0.5) is 0 Å². The second-order valence-electron chi connectivity index (χ2n) is 5.82. The molecule has 0 aromatic heterocycles. The topological polar surface area (TPSA) is 35.5 Å². The SMILES string of the molecule is CCC(OC)C(=O)C1CCOC2(CCCCC2)C1. The lowest BCUT2D eigenvalue weighted by Gasteiger charge is -2.43. The first-order valence-corrected chi connectivity index (χ1v) is 7.41. The fraction of sp³-hybridized carbons (Fsp3) is 0.933. The molecule has 3 heteroatoms. The summed E-state index contributed by atoms with van der Waals surface area (Å²) in [5.74, 6) is 0.454. The maximum absolute atomic E-state index is 12.4. The number of ketones is 1. The second-order valence-corrected chi connectivity index (χ2v) is 5.82. The average Bonchev–Trinajstić information content (AvgIpc) is 2.41. The van der Waals surface area contributed by atoms with E-state index in [1.54, 1.807) is 7.11 Å². The zero-order valence-electron chi connectivity index (χ0n) is 11.7. The molecular formula is C15H26O3. The van der Waals surface area contributed by atoms with E-state index in [1.165, 1.54) is 19.3 Å². The van der Waals surface area contributed by atoms with E-state index in [4.69, 9.17) is 9.47 Å². The van der Waals surface area contributed by atoms with Crippen molar-refractivity contribution in [1.29, 1.82) is 0 Å². The summed E-state index contributed by atoms with van der Waals surface area (Å²) < 4.78 is 11.3. The Labute approximate surface area is 110 Å². The largest absolute Gasteiger partial charge is 0.375 e. The summed E-state index contributed by atoms with van der Waals surface area (Å²) >= 11 is 0. The Hall–Kier alpha value is -0.410. The number of carbonyl (C=O) groups is 1. The Kier molecular flexibility index (Phi) is 4.79. The van der Waals surface area contributed by atoms with Gasteiger partial charge in [-0.05, 0) is 32.1 Å². The number of Topliss-reactive ketones (excluding diaryl/α,β-unsaturated/α-hetero) is 1. The molecule has 1 aliphatic heterocycles. The summed E-state index contributed by atoms with van der Waals surface area (Å²) in [6, 6.07) is 0. The van der Waals surface area contributed by atoms with E-state index < -0.39 is 0 Å². The van der Waals surface area contributed by atoms with Crippen molar-refractivity contribution in [3.8, 4) is 0 Å². The highest BCUT2D eigenvalue weighted by Gasteiger charge is 2.41. The zero-order chi connectivity index (χ0) is 13.0. The summed E-state index contributed by atoms with van der Waals surface area (Å²) in [6.45, 7) is 2.76. The smallest absolute Gasteiger partial charge is 0.164 e. The quantitative estimate of drug-likeness (QED) is 0.773. The van der Waals surface area contributed by atoms with Crippen LogP contribution in [-0.4, -0.2) is 31.2 Å². The number of methoxy groups -OCH3 is 1. The Morgan fingerprint density at radius 1 is 1.39 bits per heavy atom. The van der Waals surface area contributed by atoms with E-state index >= 15 is 0 Å². The van der Waals surface area contributed by atoms with Gasteiger partial charge in [0.25, 0.3) is 0 Å². The zero-order valence-corrected chi connectivity index (χ0v) is 11.7. The first kappa shape index (κ1) is 14.0. The van der Waals surface area contributed by atoms with Crippen molar-refractivity contribution in [1.82, 2.24) is 0 Å². The minimum Gasteiger partial charge on any atom is -0.375 e. The minimum absolute atomic E-state index is 0.0167. The highest BCUT2D eigenvalue weighted by atomic mass is 16.5. The molecule has 1 aliphatic carbocycles. The summed E-state index contributed by atoms with van der Waals surface area (Å²) in [5.41, 5.74) is 0.0167. The minimum atomic E-state index is -0.214. The van der Waals surface area contributed by atoms with Crippen LogP contribution in [0.15, 0.2) is 0 Å². The van der Waals surface area contributed by atoms with Crippen LogP contribution in [0.1, 0.15) is 58.3 Å². The van der Waals surface area contributed by atoms with Crippen LogP contribution >= 0.6 is 0 Å². The molecule has 0 aromatic carbocycles. The van der Waals surface area contributed by atoms with Crippen molar-refractivity contribution in [3.63, 3.8) is 0 Å². The van der Waals surface area contributed by atoms with Crippen molar-refractivity contribution >= 4 is 5.78 Å². The fourth-order valence-electron chi connectivity index (χ4n) is 3.56. The average molecular weight is 254 g/mol. The molecule has 1 heterocycles. The van der Waals surface area contributed by atoms with Gasteiger partial charge in [0, 0.05) is 19.6 Å². The normalized spacial score (nSPS) is 29.1. The van der Waals surface area contributed by atoms with Gasteiger partial charge in [-0.15, -0.1) is 0 Å². The molecular weight excluding hydrogens is 228 g/mol. The molecule has 0 amide bonds. The Morgan fingerprint density at radius 2 is 2.11 bits per heavy atom. The lowest BCUT2D eigenvalue weighted by molar-refractivity contribution is -0.150. The molecule has 2 rings (SSSR count). The molecule has 2 atom stereocenters. The standard InChI is InChI=1S/C15H26O3/c1-3-13(17-2)14(16)12-7-10-18-15(11-12)8-5-4-6-9-15/h12-13H,3-11H2,1-2H3. The molecule has 0 bridgehead atoms. The highest BCUT2D eigenvalue weighted by molar-refractivity contribution is 5.85. The molecule has 1 spiro atoms. The van der Waals surface area contributed by atoms with E-state index in [0.717, 1.165) is 38.7 Å². The molecule has 18 heavy (non-hydrogen) atoms. The molecule has 0 N–H and O–H groups in total. The number of ether oxygens (including phenoxy) is 2. The van der Waals surface area contributed by atoms with Gasteiger partial charge in [0.15, 0.2) is 5.78 Å². The lowest BCUT2D eigenvalue weighted by Crippen LogP contribution is -2.45. The first-order valence-electron chi connectivity index (χ1n) is 7.41. The highest BCUT2D eigenvalue weighted by Crippen LogP contribution is 2.41. The second kappa shape index (κ2) is 6.16. The van der Waals surface area contributed by atoms with Gasteiger partial charge in [0.1, 0.15) is 6.10 Å². The lowest BCUT2D eigenvalue weighted by atomic mass is 9.74. The maximum Gasteiger partial charge on any atom is 0.164 e. The molecule has 2 unspecified atom stereocenters. The van der Waals surface area contributed by atoms with E-state index in [2.05, 4.69) is 0 Å². The number of hydrogen-bond donors (Lipinski definition) is 0. The number of rotatable bonds is 4. The molecule has 104 valence electrons. The van der Waals surface area contributed by atoms with Gasteiger partial charge < -0.3 is 9.47 Å². The van der Waals surface area contributed by atoms with Gasteiger partial charge in [-0.1, -0.05) is 26.2 Å². The number of carbonyl (C=O) groups excluding carboxylic acids is 1. The first-order chi connectivity index (χ1) is 8.71. The maximum atomic E-state index is 12.4. The van der Waals surface area contributed by atoms with Gasteiger partial charge in [-0.2, -0.15) is 0 Å². The Balaban J connectivity index is 1.99. The van der Waals surface area contributed by atoms with Crippen molar-refractivity contribution < 1.29 is 14.3 Å². The fourth-order valence-corrected chi connectivity index (χ4v) is 3.56. The van der Waals surface area contributed by atoms with Crippen LogP contribution in [0.3, 0.4) is 0 Å². The molecule has 2 fully saturated rings. The summed E-state index contributed by atoms with van der Waals surface area (Å²) in [7, 11) is 1.64. The van der Waals surface area contributed by atoms with Crippen LogP contribution in [-0.2, 0) is 14.3 Å². The van der Waals surface area contributed by atoms with Crippen molar-refractivity contribution in [2.75, 3.05) is 13.7 Å². The molecule has 1 saturated heterocycles. The predicted molar refractivity (Wildman–Crippen MR) is 70.6 cm³/mol. The molecule has 3 nitrogen and oxygen atoms in total. The predicted octanol–water partition coefficient (Wildman–Crippen LogP) is 3.11. The van der Waals surface area contributed by atoms with Crippen molar-refractivity contribution in [2.45, 2.75) is 70.0 Å². The van der Waals surface area contributed by atoms with Crippen LogP contribution in [0, 0.1) is 5.92 Å². The monoisotopic (exact) mass is 254 g/mol. The summed E-state index contributed by atoms with van der Waals surface area (Å²) in [4.78, 5) is 12.4. The summed E-state index contributed by atoms with van der Waals surface area (Å²) in [5, 5.41) is 0. The Bertz CT molecular complexity index is 272. The van der Waals surface area contributed by atoms with E-state index in [-0.39, 0.29) is 17.6 Å². The van der Waals surface area contributed by atoms with Gasteiger partial charge in [-0.25, -0.2) is 0 Å². The van der Waals surface area contributed by atoms with Crippen LogP contribution in [0.25, 0.3) is 0 Å². The van der Waals surface area contributed by atoms with Crippen LogP contribution < -0.4 is 0 Å². The molecule has 0 aromatic rings. The van der Waals surface area contributed by atoms with Gasteiger partial charge >= 0.3 is 0 Å².